The van der Waals surface area contributed by atoms with Crippen LogP contribution in [0.3, 0.4) is 0 Å². The van der Waals surface area contributed by atoms with Gasteiger partial charge in [0.2, 0.25) is 0 Å². The van der Waals surface area contributed by atoms with Gasteiger partial charge in [0.15, 0.2) is 0 Å². The van der Waals surface area contributed by atoms with Crippen molar-refractivity contribution in [2.75, 3.05) is 0 Å². The van der Waals surface area contributed by atoms with Gasteiger partial charge in [0, 0.05) is 6.04 Å². The van der Waals surface area contributed by atoms with E-state index in [0.717, 1.165) is 6.42 Å². The summed E-state index contributed by atoms with van der Waals surface area (Å²) < 4.78 is 0. The summed E-state index contributed by atoms with van der Waals surface area (Å²) in [5.74, 6) is 0.695. The molecule has 0 aromatic rings. The van der Waals surface area contributed by atoms with Crippen LogP contribution in [0.2, 0.25) is 0 Å². The molecule has 1 heteroatoms. The van der Waals surface area contributed by atoms with Crippen molar-refractivity contribution in [3.05, 3.63) is 11.6 Å². The van der Waals surface area contributed by atoms with E-state index in [9.17, 15) is 0 Å². The van der Waals surface area contributed by atoms with Gasteiger partial charge in [0.05, 0.1) is 0 Å². The first-order chi connectivity index (χ1) is 4.68. The molecule has 0 aromatic heterocycles. The zero-order chi connectivity index (χ0) is 7.56. The fourth-order valence-corrected chi connectivity index (χ4v) is 1.53. The summed E-state index contributed by atoms with van der Waals surface area (Å²) >= 11 is 0. The molecule has 1 atom stereocenters. The molecule has 10 heavy (non-hydrogen) atoms. The van der Waals surface area contributed by atoms with E-state index >= 15 is 0 Å². The number of rotatable bonds is 1. The lowest BCUT2D eigenvalue weighted by Crippen LogP contribution is -2.13. The summed E-state index contributed by atoms with van der Waals surface area (Å²) in [6, 6.07) is 0.449. The number of nitrogens with two attached hydrogens (primary N) is 1. The molecule has 58 valence electrons. The van der Waals surface area contributed by atoms with Crippen LogP contribution in [0.15, 0.2) is 11.6 Å². The van der Waals surface area contributed by atoms with Gasteiger partial charge in [-0.15, -0.1) is 0 Å². The van der Waals surface area contributed by atoms with E-state index < -0.39 is 0 Å². The molecule has 1 saturated carbocycles. The quantitative estimate of drug-likeness (QED) is 0.553. The van der Waals surface area contributed by atoms with Gasteiger partial charge in [-0.1, -0.05) is 25.5 Å². The monoisotopic (exact) mass is 139 g/mol. The molecule has 1 fully saturated rings. The minimum Gasteiger partial charge on any atom is -0.327 e. The molecule has 0 radical (unpaired) electrons. The first-order valence-corrected chi connectivity index (χ1v) is 4.13. The number of hydrogen-bond acceptors (Lipinski definition) is 1. The standard InChI is InChI=1S/C9H17N/c1-7(2)5-8-3-4-9(10)6-8/h5,7,9H,3-4,6,10H2,1-2H3. The lowest BCUT2D eigenvalue weighted by Gasteiger charge is -1.99. The van der Waals surface area contributed by atoms with Crippen molar-refractivity contribution in [1.82, 2.24) is 0 Å². The molecule has 0 bridgehead atoms. The Kier molecular flexibility index (Phi) is 2.50. The third-order valence-electron chi connectivity index (χ3n) is 1.93. The number of hydrogen-bond donors (Lipinski definition) is 1. The van der Waals surface area contributed by atoms with Gasteiger partial charge in [0.25, 0.3) is 0 Å². The van der Waals surface area contributed by atoms with Crippen LogP contribution in [-0.2, 0) is 0 Å². The van der Waals surface area contributed by atoms with Crippen LogP contribution in [0.1, 0.15) is 33.1 Å². The average molecular weight is 139 g/mol. The van der Waals surface area contributed by atoms with Crippen molar-refractivity contribution in [1.29, 1.82) is 0 Å². The Morgan fingerprint density at radius 3 is 2.70 bits per heavy atom. The van der Waals surface area contributed by atoms with Crippen LogP contribution in [0.5, 0.6) is 0 Å². The normalized spacial score (nSPS) is 30.4. The van der Waals surface area contributed by atoms with E-state index in [1.54, 1.807) is 5.57 Å². The highest BCUT2D eigenvalue weighted by atomic mass is 14.6. The van der Waals surface area contributed by atoms with Crippen LogP contribution in [0, 0.1) is 5.92 Å². The molecule has 1 unspecified atom stereocenters. The van der Waals surface area contributed by atoms with E-state index in [1.165, 1.54) is 12.8 Å². The third-order valence-corrected chi connectivity index (χ3v) is 1.93. The Morgan fingerprint density at radius 1 is 1.60 bits per heavy atom. The van der Waals surface area contributed by atoms with Gasteiger partial charge in [-0.3, -0.25) is 0 Å². The SMILES string of the molecule is CC(C)C=C1CCC(N)C1. The fraction of sp³-hybridized carbons (Fsp3) is 0.778. The Labute approximate surface area is 63.3 Å². The van der Waals surface area contributed by atoms with Crippen molar-refractivity contribution in [3.63, 3.8) is 0 Å². The van der Waals surface area contributed by atoms with Crippen LogP contribution in [0.4, 0.5) is 0 Å². The zero-order valence-electron chi connectivity index (χ0n) is 6.93. The van der Waals surface area contributed by atoms with Gasteiger partial charge in [-0.2, -0.15) is 0 Å². The van der Waals surface area contributed by atoms with E-state index in [4.69, 9.17) is 5.73 Å². The first kappa shape index (κ1) is 7.80. The molecule has 1 rings (SSSR count). The minimum absolute atomic E-state index is 0.449. The molecule has 0 aromatic carbocycles. The lowest BCUT2D eigenvalue weighted by atomic mass is 10.1. The molecule has 1 aliphatic carbocycles. The Balaban J connectivity index is 2.43. The molecule has 0 heterocycles. The van der Waals surface area contributed by atoms with Crippen molar-refractivity contribution in [2.24, 2.45) is 11.7 Å². The van der Waals surface area contributed by atoms with E-state index in [-0.39, 0.29) is 0 Å². The predicted molar refractivity (Wildman–Crippen MR) is 44.7 cm³/mol. The summed E-state index contributed by atoms with van der Waals surface area (Å²) in [4.78, 5) is 0. The summed E-state index contributed by atoms with van der Waals surface area (Å²) in [5.41, 5.74) is 7.33. The van der Waals surface area contributed by atoms with Crippen LogP contribution < -0.4 is 5.73 Å². The summed E-state index contributed by atoms with van der Waals surface area (Å²) in [6.07, 6.45) is 5.92. The van der Waals surface area contributed by atoms with E-state index in [1.807, 2.05) is 0 Å². The topological polar surface area (TPSA) is 26.0 Å². The maximum atomic E-state index is 5.76. The van der Waals surface area contributed by atoms with Gasteiger partial charge in [-0.05, 0) is 25.2 Å². The van der Waals surface area contributed by atoms with Crippen molar-refractivity contribution < 1.29 is 0 Å². The molecular weight excluding hydrogens is 122 g/mol. The first-order valence-electron chi connectivity index (χ1n) is 4.13. The third kappa shape index (κ3) is 2.14. The molecule has 0 aliphatic heterocycles. The van der Waals surface area contributed by atoms with Gasteiger partial charge in [0.1, 0.15) is 0 Å². The zero-order valence-corrected chi connectivity index (χ0v) is 6.93. The number of allylic oxidation sites excluding steroid dienone is 1. The van der Waals surface area contributed by atoms with Crippen molar-refractivity contribution >= 4 is 0 Å². The molecule has 1 aliphatic rings. The van der Waals surface area contributed by atoms with Crippen LogP contribution in [0.25, 0.3) is 0 Å². The minimum atomic E-state index is 0.449. The van der Waals surface area contributed by atoms with Crippen molar-refractivity contribution in [3.8, 4) is 0 Å². The predicted octanol–water partition coefficient (Wildman–Crippen LogP) is 2.08. The second kappa shape index (κ2) is 3.20. The highest BCUT2D eigenvalue weighted by Gasteiger charge is 2.14. The smallest absolute Gasteiger partial charge is 0.00791 e. The van der Waals surface area contributed by atoms with E-state index in [0.29, 0.717) is 12.0 Å². The molecule has 0 spiro atoms. The Morgan fingerprint density at radius 2 is 2.30 bits per heavy atom. The maximum Gasteiger partial charge on any atom is 0.00791 e. The molecule has 1 nitrogen and oxygen atoms in total. The average Bonchev–Trinajstić information content (AvgIpc) is 2.13. The highest BCUT2D eigenvalue weighted by Crippen LogP contribution is 2.24. The molecular formula is C9H17N. The maximum absolute atomic E-state index is 5.76. The highest BCUT2D eigenvalue weighted by molar-refractivity contribution is 5.10. The second-order valence-electron chi connectivity index (χ2n) is 3.57. The van der Waals surface area contributed by atoms with Gasteiger partial charge < -0.3 is 5.73 Å². The Hall–Kier alpha value is -0.300. The molecule has 0 amide bonds. The summed E-state index contributed by atoms with van der Waals surface area (Å²) in [7, 11) is 0. The van der Waals surface area contributed by atoms with Crippen LogP contribution in [-0.4, -0.2) is 6.04 Å². The molecule has 0 saturated heterocycles. The van der Waals surface area contributed by atoms with Gasteiger partial charge in [-0.25, -0.2) is 0 Å². The van der Waals surface area contributed by atoms with Crippen LogP contribution >= 0.6 is 0 Å². The fourth-order valence-electron chi connectivity index (χ4n) is 1.53. The Bertz CT molecular complexity index is 136. The lowest BCUT2D eigenvalue weighted by molar-refractivity contribution is 0.710. The summed E-state index contributed by atoms with van der Waals surface area (Å²) in [6.45, 7) is 4.44. The van der Waals surface area contributed by atoms with Crippen molar-refractivity contribution in [2.45, 2.75) is 39.2 Å². The summed E-state index contributed by atoms with van der Waals surface area (Å²) in [5, 5.41) is 0. The largest absolute Gasteiger partial charge is 0.327 e. The van der Waals surface area contributed by atoms with E-state index in [2.05, 4.69) is 19.9 Å². The van der Waals surface area contributed by atoms with Gasteiger partial charge >= 0.3 is 0 Å². The molecule has 2 N–H and O–H groups in total. The second-order valence-corrected chi connectivity index (χ2v) is 3.57.